The molecule has 1 aliphatic rings. The summed E-state index contributed by atoms with van der Waals surface area (Å²) in [5.74, 6) is 0.727. The highest BCUT2D eigenvalue weighted by molar-refractivity contribution is 5.94. The van der Waals surface area contributed by atoms with Crippen molar-refractivity contribution in [1.82, 2.24) is 24.8 Å². The Morgan fingerprint density at radius 3 is 2.85 bits per heavy atom. The molecule has 0 bridgehead atoms. The number of nitrogens with zero attached hydrogens (tertiary/aromatic N) is 5. The second-order valence-electron chi connectivity index (χ2n) is 7.08. The number of aromatic nitrogens is 4. The smallest absolute Gasteiger partial charge is 0.255 e. The molecule has 0 saturated carbocycles. The fourth-order valence-electron chi connectivity index (χ4n) is 3.71. The average Bonchev–Trinajstić information content (AvgIpc) is 3.24. The predicted octanol–water partition coefficient (Wildman–Crippen LogP) is 3.45. The first-order valence-electron chi connectivity index (χ1n) is 9.24. The summed E-state index contributed by atoms with van der Waals surface area (Å²) >= 11 is 0. The van der Waals surface area contributed by atoms with Crippen LogP contribution in [-0.4, -0.2) is 37.3 Å². The van der Waals surface area contributed by atoms with Crippen LogP contribution in [-0.2, 0) is 7.05 Å². The summed E-state index contributed by atoms with van der Waals surface area (Å²) < 4.78 is 7.37. The van der Waals surface area contributed by atoms with Crippen molar-refractivity contribution in [3.05, 3.63) is 53.2 Å². The van der Waals surface area contributed by atoms with Gasteiger partial charge in [-0.2, -0.15) is 5.10 Å². The van der Waals surface area contributed by atoms with Crippen LogP contribution in [0, 0.1) is 13.8 Å². The van der Waals surface area contributed by atoms with Crippen molar-refractivity contribution >= 4 is 5.91 Å². The van der Waals surface area contributed by atoms with E-state index in [2.05, 4.69) is 10.1 Å². The van der Waals surface area contributed by atoms with Gasteiger partial charge in [0.15, 0.2) is 5.76 Å². The topological polar surface area (TPSA) is 77.0 Å². The van der Waals surface area contributed by atoms with Gasteiger partial charge in [0.05, 0.1) is 28.6 Å². The van der Waals surface area contributed by atoms with Crippen LogP contribution < -0.4 is 0 Å². The van der Waals surface area contributed by atoms with Crippen LogP contribution in [0.15, 0.2) is 35.2 Å². The monoisotopic (exact) mass is 365 g/mol. The Labute approximate surface area is 158 Å². The Bertz CT molecular complexity index is 960. The van der Waals surface area contributed by atoms with Gasteiger partial charge >= 0.3 is 0 Å². The van der Waals surface area contributed by atoms with Gasteiger partial charge in [-0.05, 0) is 45.2 Å². The molecule has 1 aliphatic heterocycles. The molecule has 27 heavy (non-hydrogen) atoms. The number of pyridine rings is 1. The average molecular weight is 365 g/mol. The molecule has 7 nitrogen and oxygen atoms in total. The Hall–Kier alpha value is -2.96. The number of rotatable bonds is 3. The summed E-state index contributed by atoms with van der Waals surface area (Å²) in [6.07, 6.45) is 8.18. The van der Waals surface area contributed by atoms with Gasteiger partial charge in [-0.15, -0.1) is 0 Å². The van der Waals surface area contributed by atoms with E-state index >= 15 is 0 Å². The molecular weight excluding hydrogens is 342 g/mol. The SMILES string of the molecule is Cc1noc(-c2cn(C)nc2[C@H]2CCCCN2C(=O)c2cccnc2)c1C. The van der Waals surface area contributed by atoms with Crippen molar-refractivity contribution in [2.45, 2.75) is 39.2 Å². The van der Waals surface area contributed by atoms with Gasteiger partial charge in [-0.25, -0.2) is 0 Å². The lowest BCUT2D eigenvalue weighted by Gasteiger charge is -2.35. The van der Waals surface area contributed by atoms with E-state index in [1.54, 1.807) is 23.1 Å². The van der Waals surface area contributed by atoms with Gasteiger partial charge in [-0.3, -0.25) is 14.5 Å². The maximum atomic E-state index is 13.1. The van der Waals surface area contributed by atoms with Gasteiger partial charge in [-0.1, -0.05) is 5.16 Å². The molecule has 0 radical (unpaired) electrons. The van der Waals surface area contributed by atoms with Crippen molar-refractivity contribution < 1.29 is 9.32 Å². The van der Waals surface area contributed by atoms with E-state index in [-0.39, 0.29) is 11.9 Å². The first-order valence-corrected chi connectivity index (χ1v) is 9.24. The third-order valence-corrected chi connectivity index (χ3v) is 5.25. The summed E-state index contributed by atoms with van der Waals surface area (Å²) in [5, 5.41) is 8.80. The van der Waals surface area contributed by atoms with Gasteiger partial charge < -0.3 is 9.42 Å². The number of carbonyl (C=O) groups excluding carboxylic acids is 1. The molecule has 3 aromatic rings. The highest BCUT2D eigenvalue weighted by Gasteiger charge is 2.33. The fraction of sp³-hybridized carbons (Fsp3) is 0.400. The minimum absolute atomic E-state index is 0.00474. The molecule has 0 N–H and O–H groups in total. The molecule has 1 saturated heterocycles. The zero-order valence-electron chi connectivity index (χ0n) is 15.8. The highest BCUT2D eigenvalue weighted by atomic mass is 16.5. The summed E-state index contributed by atoms with van der Waals surface area (Å²) in [4.78, 5) is 19.1. The fourth-order valence-corrected chi connectivity index (χ4v) is 3.71. The molecule has 7 heteroatoms. The maximum absolute atomic E-state index is 13.1. The predicted molar refractivity (Wildman–Crippen MR) is 100 cm³/mol. The third kappa shape index (κ3) is 3.13. The quantitative estimate of drug-likeness (QED) is 0.710. The number of aryl methyl sites for hydroxylation is 2. The van der Waals surface area contributed by atoms with Crippen molar-refractivity contribution in [2.24, 2.45) is 7.05 Å². The molecule has 1 fully saturated rings. The van der Waals surface area contributed by atoms with E-state index in [0.29, 0.717) is 12.1 Å². The van der Waals surface area contributed by atoms with E-state index in [1.165, 1.54) is 0 Å². The first kappa shape index (κ1) is 17.5. The van der Waals surface area contributed by atoms with E-state index in [9.17, 15) is 4.79 Å². The molecular formula is C20H23N5O2. The summed E-state index contributed by atoms with van der Waals surface area (Å²) in [6.45, 7) is 4.64. The molecule has 0 spiro atoms. The number of amides is 1. The lowest BCUT2D eigenvalue weighted by molar-refractivity contribution is 0.0605. The normalized spacial score (nSPS) is 17.3. The Morgan fingerprint density at radius 1 is 1.30 bits per heavy atom. The number of hydrogen-bond acceptors (Lipinski definition) is 5. The molecule has 3 aromatic heterocycles. The minimum atomic E-state index is -0.0903. The molecule has 140 valence electrons. The number of piperidine rings is 1. The van der Waals surface area contributed by atoms with Crippen molar-refractivity contribution in [3.8, 4) is 11.3 Å². The molecule has 1 amide bonds. The number of likely N-dealkylation sites (tertiary alicyclic amines) is 1. The summed E-state index contributed by atoms with van der Waals surface area (Å²) in [5.41, 5.74) is 4.26. The van der Waals surface area contributed by atoms with E-state index in [4.69, 9.17) is 9.62 Å². The molecule has 0 aromatic carbocycles. The second kappa shape index (κ2) is 6.98. The number of hydrogen-bond donors (Lipinski definition) is 0. The molecule has 0 aliphatic carbocycles. The lowest BCUT2D eigenvalue weighted by atomic mass is 9.95. The van der Waals surface area contributed by atoms with Crippen LogP contribution in [0.4, 0.5) is 0 Å². The van der Waals surface area contributed by atoms with Crippen LogP contribution in [0.5, 0.6) is 0 Å². The number of carbonyl (C=O) groups is 1. The van der Waals surface area contributed by atoms with Gasteiger partial charge in [0.1, 0.15) is 0 Å². The minimum Gasteiger partial charge on any atom is -0.356 e. The van der Waals surface area contributed by atoms with E-state index in [1.807, 2.05) is 38.1 Å². The van der Waals surface area contributed by atoms with Crippen LogP contribution in [0.25, 0.3) is 11.3 Å². The summed E-state index contributed by atoms with van der Waals surface area (Å²) in [6, 6.07) is 3.51. The zero-order valence-corrected chi connectivity index (χ0v) is 15.8. The van der Waals surface area contributed by atoms with Gasteiger partial charge in [0, 0.05) is 37.7 Å². The maximum Gasteiger partial charge on any atom is 0.255 e. The third-order valence-electron chi connectivity index (χ3n) is 5.25. The zero-order chi connectivity index (χ0) is 19.0. The van der Waals surface area contributed by atoms with E-state index < -0.39 is 0 Å². The first-order chi connectivity index (χ1) is 13.1. The molecule has 1 atom stereocenters. The molecule has 0 unspecified atom stereocenters. The van der Waals surface area contributed by atoms with Crippen molar-refractivity contribution in [1.29, 1.82) is 0 Å². The van der Waals surface area contributed by atoms with Gasteiger partial charge in [0.2, 0.25) is 0 Å². The lowest BCUT2D eigenvalue weighted by Crippen LogP contribution is -2.39. The second-order valence-corrected chi connectivity index (χ2v) is 7.08. The van der Waals surface area contributed by atoms with Crippen molar-refractivity contribution in [2.75, 3.05) is 6.54 Å². The van der Waals surface area contributed by atoms with Gasteiger partial charge in [0.25, 0.3) is 5.91 Å². The Kier molecular flexibility index (Phi) is 4.51. The van der Waals surface area contributed by atoms with Crippen molar-refractivity contribution in [3.63, 3.8) is 0 Å². The Balaban J connectivity index is 1.75. The van der Waals surface area contributed by atoms with Crippen LogP contribution >= 0.6 is 0 Å². The molecule has 4 heterocycles. The molecule has 4 rings (SSSR count). The van der Waals surface area contributed by atoms with Crippen LogP contribution in [0.2, 0.25) is 0 Å². The van der Waals surface area contributed by atoms with Crippen LogP contribution in [0.3, 0.4) is 0 Å². The highest BCUT2D eigenvalue weighted by Crippen LogP contribution is 2.38. The van der Waals surface area contributed by atoms with Crippen LogP contribution in [0.1, 0.15) is 52.6 Å². The standard InChI is InChI=1S/C20H23N5O2/c1-13-14(2)23-27-19(13)16-12-24(3)22-18(16)17-8-4-5-10-25(17)20(26)15-7-6-9-21-11-15/h6-7,9,11-12,17H,4-5,8,10H2,1-3H3/t17-/m1/s1. The largest absolute Gasteiger partial charge is 0.356 e. The summed E-state index contributed by atoms with van der Waals surface area (Å²) in [7, 11) is 1.89. The van der Waals surface area contributed by atoms with E-state index in [0.717, 1.165) is 47.5 Å². The Morgan fingerprint density at radius 2 is 2.15 bits per heavy atom.